The number of alkyl halides is 1. The fraction of sp³-hybridized carbons (Fsp3) is 0.400. The number of benzene rings is 2. The second-order valence-electron chi connectivity index (χ2n) is 13.1. The van der Waals surface area contributed by atoms with Crippen molar-refractivity contribution in [3.05, 3.63) is 78.2 Å². The first kappa shape index (κ1) is 28.8. The number of rotatable bonds is 8. The molecule has 2 amide bonds. The average Bonchev–Trinajstić information content (AvgIpc) is 3.40. The Kier molecular flexibility index (Phi) is 7.08. The van der Waals surface area contributed by atoms with Crippen molar-refractivity contribution in [2.45, 2.75) is 68.3 Å². The molecule has 2 N–H and O–H groups in total. The van der Waals surface area contributed by atoms with Crippen molar-refractivity contribution in [2.75, 3.05) is 23.4 Å². The molecule has 4 heterocycles. The van der Waals surface area contributed by atoms with Crippen LogP contribution in [-0.2, 0) is 27.8 Å². The van der Waals surface area contributed by atoms with Crippen LogP contribution >= 0.6 is 0 Å². The first-order chi connectivity index (χ1) is 22.3. The molecule has 2 bridgehead atoms. The Balaban J connectivity index is 1.08. The number of halogens is 1. The van der Waals surface area contributed by atoms with Gasteiger partial charge in [0.05, 0.1) is 18.8 Å². The van der Waals surface area contributed by atoms with Gasteiger partial charge >= 0.3 is 0 Å². The molecule has 8 rings (SSSR count). The number of ether oxygens (including phenoxy) is 1. The Bertz CT molecular complexity index is 1800. The summed E-state index contributed by atoms with van der Waals surface area (Å²) in [5.74, 6) is 0.245. The van der Waals surface area contributed by atoms with Crippen molar-refractivity contribution < 1.29 is 18.7 Å². The largest absolute Gasteiger partial charge is 0.374 e. The van der Waals surface area contributed by atoms with Gasteiger partial charge in [0.1, 0.15) is 18.2 Å². The lowest BCUT2D eigenvalue weighted by atomic mass is 9.77. The standard InChI is InChI=1S/C35H36FN7O3/c1-42-20-38-41-32(42)22-7-9-25(10-8-22)39-33(44)31(40-34(45)35(36)12-13-35)28-4-2-3-21-5-6-23(15-29(21)28)24-11-14-37-30(16-24)43-18-27-17-26(43)19-46-27/h5-11,14-16,20,26-28,31H,2-4,12-13,17-19H2,1H3,(H,39,44)(H,40,45)/t26-,27?,28-,31+/m1/s1. The zero-order valence-electron chi connectivity index (χ0n) is 25.7. The predicted molar refractivity (Wildman–Crippen MR) is 171 cm³/mol. The zero-order valence-corrected chi connectivity index (χ0v) is 25.7. The predicted octanol–water partition coefficient (Wildman–Crippen LogP) is 4.57. The van der Waals surface area contributed by atoms with Gasteiger partial charge in [0.15, 0.2) is 11.5 Å². The number of nitrogens with one attached hydrogen (secondary N) is 2. The number of hydrogen-bond donors (Lipinski definition) is 2. The fourth-order valence-corrected chi connectivity index (χ4v) is 7.22. The van der Waals surface area contributed by atoms with Crippen molar-refractivity contribution in [1.82, 2.24) is 25.1 Å². The number of carbonyl (C=O) groups is 2. The van der Waals surface area contributed by atoms with E-state index in [1.54, 1.807) is 18.5 Å². The molecular weight excluding hydrogens is 585 g/mol. The van der Waals surface area contributed by atoms with Crippen molar-refractivity contribution in [1.29, 1.82) is 0 Å². The molecule has 2 aliphatic heterocycles. The molecule has 1 saturated carbocycles. The molecule has 4 atom stereocenters. The molecule has 0 spiro atoms. The third-order valence-corrected chi connectivity index (χ3v) is 9.97. The Hall–Kier alpha value is -4.64. The number of fused-ring (bicyclic) bond motifs is 3. The minimum Gasteiger partial charge on any atom is -0.374 e. The summed E-state index contributed by atoms with van der Waals surface area (Å²) in [4.78, 5) is 34.0. The minimum absolute atomic E-state index is 0.178. The number of anilines is 2. The van der Waals surface area contributed by atoms with Crippen LogP contribution < -0.4 is 15.5 Å². The number of carbonyl (C=O) groups excluding carboxylic acids is 2. The topological polar surface area (TPSA) is 114 Å². The summed E-state index contributed by atoms with van der Waals surface area (Å²) in [5, 5.41) is 13.9. The molecular formula is C35H36FN7O3. The van der Waals surface area contributed by atoms with Crippen molar-refractivity contribution in [3.8, 4) is 22.5 Å². The lowest BCUT2D eigenvalue weighted by molar-refractivity contribution is -0.131. The van der Waals surface area contributed by atoms with Gasteiger partial charge in [-0.05, 0) is 97.2 Å². The van der Waals surface area contributed by atoms with Gasteiger partial charge < -0.3 is 24.8 Å². The minimum atomic E-state index is -1.90. The maximum atomic E-state index is 15.0. The van der Waals surface area contributed by atoms with Crippen molar-refractivity contribution in [3.63, 3.8) is 0 Å². The van der Waals surface area contributed by atoms with E-state index in [0.29, 0.717) is 24.0 Å². The van der Waals surface area contributed by atoms with Crippen LogP contribution in [0.4, 0.5) is 15.9 Å². The summed E-state index contributed by atoms with van der Waals surface area (Å²) >= 11 is 0. The summed E-state index contributed by atoms with van der Waals surface area (Å²) in [7, 11) is 1.86. The molecule has 4 aliphatic rings. The zero-order chi connectivity index (χ0) is 31.4. The second-order valence-corrected chi connectivity index (χ2v) is 13.1. The van der Waals surface area contributed by atoms with Crippen LogP contribution in [0.1, 0.15) is 49.1 Å². The van der Waals surface area contributed by atoms with Crippen LogP contribution in [0.15, 0.2) is 67.1 Å². The van der Waals surface area contributed by atoms with E-state index in [0.717, 1.165) is 66.0 Å². The van der Waals surface area contributed by atoms with Gasteiger partial charge in [-0.3, -0.25) is 9.59 Å². The number of nitrogens with zero attached hydrogens (tertiary/aromatic N) is 5. The molecule has 0 radical (unpaired) electrons. The average molecular weight is 622 g/mol. The van der Waals surface area contributed by atoms with Crippen LogP contribution in [0.5, 0.6) is 0 Å². The molecule has 2 aliphatic carbocycles. The maximum Gasteiger partial charge on any atom is 0.258 e. The first-order valence-corrected chi connectivity index (χ1v) is 16.1. The molecule has 10 nitrogen and oxygen atoms in total. The van der Waals surface area contributed by atoms with Crippen LogP contribution in [0, 0.1) is 0 Å². The van der Waals surface area contributed by atoms with E-state index in [2.05, 4.69) is 55.0 Å². The number of aryl methyl sites for hydroxylation is 2. The number of hydrogen-bond acceptors (Lipinski definition) is 7. The second kappa shape index (κ2) is 11.3. The van der Waals surface area contributed by atoms with Crippen molar-refractivity contribution >= 4 is 23.3 Å². The normalized spacial score (nSPS) is 23.1. The Labute approximate surface area is 266 Å². The van der Waals surface area contributed by atoms with E-state index in [1.165, 1.54) is 0 Å². The highest BCUT2D eigenvalue weighted by atomic mass is 19.1. The van der Waals surface area contributed by atoms with Crippen molar-refractivity contribution in [2.24, 2.45) is 7.05 Å². The third-order valence-electron chi connectivity index (χ3n) is 9.97. The fourth-order valence-electron chi connectivity index (χ4n) is 7.22. The maximum absolute atomic E-state index is 15.0. The highest BCUT2D eigenvalue weighted by Gasteiger charge is 2.52. The van der Waals surface area contributed by atoms with E-state index in [4.69, 9.17) is 4.74 Å². The van der Waals surface area contributed by atoms with Gasteiger partial charge in [0.25, 0.3) is 5.91 Å². The van der Waals surface area contributed by atoms with E-state index in [9.17, 15) is 14.0 Å². The highest BCUT2D eigenvalue weighted by molar-refractivity contribution is 6.00. The summed E-state index contributed by atoms with van der Waals surface area (Å²) in [6.45, 7) is 1.58. The van der Waals surface area contributed by atoms with Crippen LogP contribution in [-0.4, -0.2) is 68.6 Å². The van der Waals surface area contributed by atoms with Crippen LogP contribution in [0.3, 0.4) is 0 Å². The molecule has 2 saturated heterocycles. The van der Waals surface area contributed by atoms with Gasteiger partial charge in [-0.15, -0.1) is 10.2 Å². The molecule has 2 aromatic heterocycles. The van der Waals surface area contributed by atoms with Gasteiger partial charge in [-0.2, -0.15) is 0 Å². The van der Waals surface area contributed by atoms with E-state index >= 15 is 0 Å². The summed E-state index contributed by atoms with van der Waals surface area (Å²) in [6.07, 6.45) is 7.57. The van der Waals surface area contributed by atoms with E-state index in [-0.39, 0.29) is 30.8 Å². The molecule has 4 aromatic rings. The molecule has 236 valence electrons. The van der Waals surface area contributed by atoms with Gasteiger partial charge in [0, 0.05) is 37.0 Å². The first-order valence-electron chi connectivity index (χ1n) is 16.1. The lowest BCUT2D eigenvalue weighted by Crippen LogP contribution is -2.51. The van der Waals surface area contributed by atoms with Gasteiger partial charge in [0.2, 0.25) is 5.91 Å². The Morgan fingerprint density at radius 3 is 2.59 bits per heavy atom. The quantitative estimate of drug-likeness (QED) is 0.296. The number of amides is 2. The number of morpholine rings is 1. The van der Waals surface area contributed by atoms with Crippen LogP contribution in [0.25, 0.3) is 22.5 Å². The van der Waals surface area contributed by atoms with E-state index in [1.807, 2.05) is 36.0 Å². The lowest BCUT2D eigenvalue weighted by Gasteiger charge is -2.33. The van der Waals surface area contributed by atoms with E-state index < -0.39 is 17.6 Å². The highest BCUT2D eigenvalue weighted by Crippen LogP contribution is 2.42. The molecule has 46 heavy (non-hydrogen) atoms. The molecule has 3 fully saturated rings. The molecule has 1 unspecified atom stereocenters. The number of pyridine rings is 1. The summed E-state index contributed by atoms with van der Waals surface area (Å²) in [6, 6.07) is 17.2. The van der Waals surface area contributed by atoms with Gasteiger partial charge in [-0.25, -0.2) is 9.37 Å². The van der Waals surface area contributed by atoms with Gasteiger partial charge in [-0.1, -0.05) is 18.2 Å². The number of aromatic nitrogens is 4. The Morgan fingerprint density at radius 2 is 1.87 bits per heavy atom. The third kappa shape index (κ3) is 5.32. The SMILES string of the molecule is Cn1cnnc1-c1ccc(NC(=O)[C@@H](NC(=O)C2(F)CC2)[C@@H]2CCCc3ccc(-c4ccnc(N5CC6C[C@@H]5CO6)c4)cc32)cc1. The summed E-state index contributed by atoms with van der Waals surface area (Å²) < 4.78 is 22.6. The summed E-state index contributed by atoms with van der Waals surface area (Å²) in [5.41, 5.74) is 3.74. The smallest absolute Gasteiger partial charge is 0.258 e. The molecule has 2 aromatic carbocycles. The van der Waals surface area contributed by atoms with Crippen LogP contribution in [0.2, 0.25) is 0 Å². The Morgan fingerprint density at radius 1 is 1.07 bits per heavy atom. The monoisotopic (exact) mass is 621 g/mol. The molecule has 11 heteroatoms.